The van der Waals surface area contributed by atoms with E-state index in [9.17, 15) is 9.59 Å². The maximum atomic E-state index is 12.2. The molecule has 0 aliphatic carbocycles. The van der Waals surface area contributed by atoms with Crippen molar-refractivity contribution in [3.05, 3.63) is 29.8 Å². The number of likely N-dealkylation sites (tertiary alicyclic amines) is 1. The third kappa shape index (κ3) is 4.08. The predicted octanol–water partition coefficient (Wildman–Crippen LogP) is 3.69. The number of rotatable bonds is 2. The Morgan fingerprint density at radius 3 is 2.05 bits per heavy atom. The van der Waals surface area contributed by atoms with E-state index in [0.717, 1.165) is 31.6 Å². The van der Waals surface area contributed by atoms with Crippen molar-refractivity contribution in [3.8, 4) is 0 Å². The Bertz CT molecular complexity index is 460. The molecular formula is C16H22N2O2. The molecule has 4 heteroatoms. The molecule has 1 aliphatic heterocycles. The van der Waals surface area contributed by atoms with E-state index in [2.05, 4.69) is 5.32 Å². The van der Waals surface area contributed by atoms with Crippen LogP contribution in [0.5, 0.6) is 0 Å². The summed E-state index contributed by atoms with van der Waals surface area (Å²) in [6.45, 7) is 3.20. The number of amides is 2. The molecule has 1 aliphatic rings. The summed E-state index contributed by atoms with van der Waals surface area (Å²) in [6, 6.07) is 7.00. The summed E-state index contributed by atoms with van der Waals surface area (Å²) in [5.41, 5.74) is 1.40. The summed E-state index contributed by atoms with van der Waals surface area (Å²) >= 11 is 0. The van der Waals surface area contributed by atoms with E-state index >= 15 is 0 Å². The second-order valence-corrected chi connectivity index (χ2v) is 5.32. The highest BCUT2D eigenvalue weighted by Crippen LogP contribution is 2.14. The summed E-state index contributed by atoms with van der Waals surface area (Å²) in [7, 11) is 0. The quantitative estimate of drug-likeness (QED) is 0.836. The third-order valence-electron chi connectivity index (χ3n) is 3.69. The smallest absolute Gasteiger partial charge is 0.321 e. The van der Waals surface area contributed by atoms with Crippen molar-refractivity contribution >= 4 is 17.5 Å². The number of nitrogens with one attached hydrogen (secondary N) is 1. The molecule has 0 radical (unpaired) electrons. The van der Waals surface area contributed by atoms with E-state index in [1.54, 1.807) is 24.3 Å². The van der Waals surface area contributed by atoms with Crippen molar-refractivity contribution in [1.29, 1.82) is 0 Å². The molecule has 1 N–H and O–H groups in total. The number of hydrogen-bond donors (Lipinski definition) is 1. The van der Waals surface area contributed by atoms with E-state index in [1.807, 2.05) is 4.90 Å². The molecule has 1 saturated heterocycles. The fourth-order valence-corrected chi connectivity index (χ4v) is 2.44. The Morgan fingerprint density at radius 2 is 1.50 bits per heavy atom. The van der Waals surface area contributed by atoms with Gasteiger partial charge in [-0.2, -0.15) is 0 Å². The van der Waals surface area contributed by atoms with Crippen LogP contribution in [0.15, 0.2) is 24.3 Å². The van der Waals surface area contributed by atoms with Gasteiger partial charge in [0.2, 0.25) is 0 Å². The van der Waals surface area contributed by atoms with Gasteiger partial charge in [-0.25, -0.2) is 4.79 Å². The predicted molar refractivity (Wildman–Crippen MR) is 80.1 cm³/mol. The Hall–Kier alpha value is -1.84. The fourth-order valence-electron chi connectivity index (χ4n) is 2.44. The van der Waals surface area contributed by atoms with Gasteiger partial charge in [0.05, 0.1) is 0 Å². The van der Waals surface area contributed by atoms with Gasteiger partial charge in [0, 0.05) is 24.3 Å². The molecule has 1 aromatic rings. The van der Waals surface area contributed by atoms with E-state index in [0.29, 0.717) is 5.56 Å². The monoisotopic (exact) mass is 274 g/mol. The van der Waals surface area contributed by atoms with Crippen molar-refractivity contribution in [3.63, 3.8) is 0 Å². The van der Waals surface area contributed by atoms with Crippen molar-refractivity contribution in [2.75, 3.05) is 18.4 Å². The molecule has 2 rings (SSSR count). The van der Waals surface area contributed by atoms with Crippen LogP contribution in [0.25, 0.3) is 0 Å². The van der Waals surface area contributed by atoms with Crippen molar-refractivity contribution in [1.82, 2.24) is 4.90 Å². The van der Waals surface area contributed by atoms with E-state index in [1.165, 1.54) is 26.2 Å². The Kier molecular flexibility index (Phi) is 5.16. The van der Waals surface area contributed by atoms with Gasteiger partial charge in [0.1, 0.15) is 0 Å². The second-order valence-electron chi connectivity index (χ2n) is 5.32. The lowest BCUT2D eigenvalue weighted by Crippen LogP contribution is -2.37. The number of carbonyl (C=O) groups excluding carboxylic acids is 2. The molecule has 1 heterocycles. The number of benzene rings is 1. The summed E-state index contributed by atoms with van der Waals surface area (Å²) in [5, 5.41) is 2.90. The van der Waals surface area contributed by atoms with Crippen LogP contribution < -0.4 is 5.32 Å². The standard InChI is InChI=1S/C16H22N2O2/c1-13(19)14-7-9-15(10-8-14)17-16(20)18-11-5-3-2-4-6-12-18/h7-10H,2-6,11-12H2,1H3,(H,17,20). The van der Waals surface area contributed by atoms with Gasteiger partial charge < -0.3 is 10.2 Å². The summed E-state index contributed by atoms with van der Waals surface area (Å²) < 4.78 is 0. The molecule has 0 unspecified atom stereocenters. The van der Waals surface area contributed by atoms with Crippen LogP contribution in [-0.2, 0) is 0 Å². The van der Waals surface area contributed by atoms with Gasteiger partial charge >= 0.3 is 6.03 Å². The zero-order valence-electron chi connectivity index (χ0n) is 12.0. The van der Waals surface area contributed by atoms with Gasteiger partial charge in [-0.15, -0.1) is 0 Å². The SMILES string of the molecule is CC(=O)c1ccc(NC(=O)N2CCCCCCC2)cc1. The largest absolute Gasteiger partial charge is 0.325 e. The molecule has 0 atom stereocenters. The first kappa shape index (κ1) is 14.6. The highest BCUT2D eigenvalue weighted by molar-refractivity contribution is 5.95. The first-order chi connectivity index (χ1) is 9.66. The number of carbonyl (C=O) groups is 2. The Morgan fingerprint density at radius 1 is 0.950 bits per heavy atom. The van der Waals surface area contributed by atoms with Gasteiger partial charge in [0.15, 0.2) is 5.78 Å². The molecule has 1 aromatic carbocycles. The maximum absolute atomic E-state index is 12.2. The van der Waals surface area contributed by atoms with Crippen LogP contribution in [-0.4, -0.2) is 29.8 Å². The first-order valence-electron chi connectivity index (χ1n) is 7.34. The third-order valence-corrected chi connectivity index (χ3v) is 3.69. The van der Waals surface area contributed by atoms with E-state index in [4.69, 9.17) is 0 Å². The van der Waals surface area contributed by atoms with E-state index in [-0.39, 0.29) is 11.8 Å². The second kappa shape index (κ2) is 7.08. The molecular weight excluding hydrogens is 252 g/mol. The Balaban J connectivity index is 1.93. The lowest BCUT2D eigenvalue weighted by Gasteiger charge is -2.25. The normalized spacial score (nSPS) is 16.1. The average molecular weight is 274 g/mol. The number of hydrogen-bond acceptors (Lipinski definition) is 2. The zero-order chi connectivity index (χ0) is 14.4. The first-order valence-corrected chi connectivity index (χ1v) is 7.34. The van der Waals surface area contributed by atoms with Crippen molar-refractivity contribution < 1.29 is 9.59 Å². The van der Waals surface area contributed by atoms with Gasteiger partial charge in [-0.3, -0.25) is 4.79 Å². The van der Waals surface area contributed by atoms with Crippen LogP contribution in [0, 0.1) is 0 Å². The summed E-state index contributed by atoms with van der Waals surface area (Å²) in [5.74, 6) is 0.0339. The van der Waals surface area contributed by atoms with Crippen LogP contribution in [0.1, 0.15) is 49.4 Å². The molecule has 0 saturated carbocycles. The van der Waals surface area contributed by atoms with Crippen LogP contribution in [0.4, 0.5) is 10.5 Å². The molecule has 20 heavy (non-hydrogen) atoms. The van der Waals surface area contributed by atoms with Gasteiger partial charge in [-0.1, -0.05) is 19.3 Å². The van der Waals surface area contributed by atoms with Crippen molar-refractivity contribution in [2.45, 2.75) is 39.0 Å². The van der Waals surface area contributed by atoms with Crippen molar-refractivity contribution in [2.24, 2.45) is 0 Å². The molecule has 2 amide bonds. The minimum atomic E-state index is -0.0394. The average Bonchev–Trinajstić information content (AvgIpc) is 2.38. The molecule has 0 spiro atoms. The molecule has 1 fully saturated rings. The molecule has 4 nitrogen and oxygen atoms in total. The number of nitrogens with zero attached hydrogens (tertiary/aromatic N) is 1. The molecule has 108 valence electrons. The topological polar surface area (TPSA) is 49.4 Å². The lowest BCUT2D eigenvalue weighted by atomic mass is 10.1. The van der Waals surface area contributed by atoms with Gasteiger partial charge in [0.25, 0.3) is 0 Å². The highest BCUT2D eigenvalue weighted by Gasteiger charge is 2.14. The fraction of sp³-hybridized carbons (Fsp3) is 0.500. The summed E-state index contributed by atoms with van der Waals surface area (Å²) in [6.07, 6.45) is 5.85. The number of anilines is 1. The minimum Gasteiger partial charge on any atom is -0.325 e. The number of urea groups is 1. The van der Waals surface area contributed by atoms with Crippen LogP contribution in [0.3, 0.4) is 0 Å². The van der Waals surface area contributed by atoms with Crippen LogP contribution in [0.2, 0.25) is 0 Å². The van der Waals surface area contributed by atoms with Gasteiger partial charge in [-0.05, 0) is 44.0 Å². The number of Topliss-reactive ketones (excluding diaryl/α,β-unsaturated/α-hetero) is 1. The maximum Gasteiger partial charge on any atom is 0.321 e. The Labute approximate surface area is 120 Å². The van der Waals surface area contributed by atoms with E-state index < -0.39 is 0 Å². The number of ketones is 1. The van der Waals surface area contributed by atoms with Crippen LogP contribution >= 0.6 is 0 Å². The summed E-state index contributed by atoms with van der Waals surface area (Å²) in [4.78, 5) is 25.3. The molecule has 0 bridgehead atoms. The lowest BCUT2D eigenvalue weighted by molar-refractivity contribution is 0.101. The highest BCUT2D eigenvalue weighted by atomic mass is 16.2. The zero-order valence-corrected chi connectivity index (χ0v) is 12.0. The molecule has 0 aromatic heterocycles. The minimum absolute atomic E-state index is 0.0339.